The van der Waals surface area contributed by atoms with E-state index in [0.29, 0.717) is 6.54 Å². The van der Waals surface area contributed by atoms with Gasteiger partial charge >= 0.3 is 0 Å². The van der Waals surface area contributed by atoms with Crippen LogP contribution >= 0.6 is 0 Å². The zero-order valence-corrected chi connectivity index (χ0v) is 12.8. The summed E-state index contributed by atoms with van der Waals surface area (Å²) in [5.74, 6) is 0. The van der Waals surface area contributed by atoms with Gasteiger partial charge in [-0.25, -0.2) is 8.42 Å². The van der Waals surface area contributed by atoms with Crippen LogP contribution < -0.4 is 9.62 Å². The van der Waals surface area contributed by atoms with Crippen LogP contribution in [-0.4, -0.2) is 27.3 Å². The second kappa shape index (κ2) is 5.13. The first-order chi connectivity index (χ1) is 8.87. The van der Waals surface area contributed by atoms with Gasteiger partial charge in [0.1, 0.15) is 0 Å². The summed E-state index contributed by atoms with van der Waals surface area (Å²) in [4.78, 5) is 0. The van der Waals surface area contributed by atoms with Crippen LogP contribution in [0.25, 0.3) is 0 Å². The number of benzene rings is 1. The van der Waals surface area contributed by atoms with Gasteiger partial charge in [0.05, 0.1) is 10.9 Å². The van der Waals surface area contributed by atoms with Crippen LogP contribution in [0.1, 0.15) is 37.9 Å². The molecule has 0 fully saturated rings. The van der Waals surface area contributed by atoms with Crippen molar-refractivity contribution < 1.29 is 8.42 Å². The molecule has 1 aliphatic rings. The summed E-state index contributed by atoms with van der Waals surface area (Å²) in [7, 11) is -1.29. The summed E-state index contributed by atoms with van der Waals surface area (Å²) in [5, 5.41) is 2.82. The quantitative estimate of drug-likeness (QED) is 0.919. The van der Waals surface area contributed by atoms with Crippen LogP contribution in [0.3, 0.4) is 0 Å². The summed E-state index contributed by atoms with van der Waals surface area (Å²) in [5.41, 5.74) is 3.18. The molecule has 1 atom stereocenters. The normalized spacial score (nSPS) is 16.8. The molecular weight excluding hydrogens is 260 g/mol. The zero-order chi connectivity index (χ0) is 14.2. The van der Waals surface area contributed by atoms with E-state index in [1.807, 2.05) is 19.2 Å². The Morgan fingerprint density at radius 1 is 1.26 bits per heavy atom. The highest BCUT2D eigenvalue weighted by molar-refractivity contribution is 7.93. The Hall–Kier alpha value is -1.07. The second-order valence-electron chi connectivity index (χ2n) is 5.31. The maximum absolute atomic E-state index is 12.3. The topological polar surface area (TPSA) is 49.4 Å². The lowest BCUT2D eigenvalue weighted by molar-refractivity contribution is 0.583. The molecule has 4 nitrogen and oxygen atoms in total. The zero-order valence-electron chi connectivity index (χ0n) is 12.0. The van der Waals surface area contributed by atoms with Gasteiger partial charge in [0.2, 0.25) is 10.0 Å². The minimum Gasteiger partial charge on any atom is -0.313 e. The van der Waals surface area contributed by atoms with Gasteiger partial charge in [0, 0.05) is 12.6 Å². The number of fused-ring (bicyclic) bond motifs is 1. The van der Waals surface area contributed by atoms with Crippen LogP contribution in [0.15, 0.2) is 18.2 Å². The van der Waals surface area contributed by atoms with Crippen molar-refractivity contribution in [3.05, 3.63) is 29.3 Å². The number of hydrogen-bond donors (Lipinski definition) is 1. The van der Waals surface area contributed by atoms with Gasteiger partial charge in [0.25, 0.3) is 0 Å². The Morgan fingerprint density at radius 3 is 2.53 bits per heavy atom. The van der Waals surface area contributed by atoms with Crippen molar-refractivity contribution in [1.29, 1.82) is 0 Å². The van der Waals surface area contributed by atoms with Crippen molar-refractivity contribution in [2.45, 2.75) is 38.5 Å². The SMILES string of the molecule is CNC(C)c1ccc2c(c1)CCN2S(=O)(=O)C(C)C. The highest BCUT2D eigenvalue weighted by atomic mass is 32.2. The first kappa shape index (κ1) is 14.3. The lowest BCUT2D eigenvalue weighted by Crippen LogP contribution is -2.34. The van der Waals surface area contributed by atoms with E-state index in [4.69, 9.17) is 0 Å². The number of anilines is 1. The van der Waals surface area contributed by atoms with Gasteiger partial charge in [-0.3, -0.25) is 4.31 Å². The summed E-state index contributed by atoms with van der Waals surface area (Å²) >= 11 is 0. The fraction of sp³-hybridized carbons (Fsp3) is 0.571. The Bertz CT molecular complexity index is 567. The van der Waals surface area contributed by atoms with Crippen LogP contribution in [-0.2, 0) is 16.4 Å². The van der Waals surface area contributed by atoms with Gasteiger partial charge < -0.3 is 5.32 Å². The van der Waals surface area contributed by atoms with Gasteiger partial charge in [-0.1, -0.05) is 12.1 Å². The van der Waals surface area contributed by atoms with E-state index in [2.05, 4.69) is 18.3 Å². The molecule has 19 heavy (non-hydrogen) atoms. The van der Waals surface area contributed by atoms with E-state index < -0.39 is 10.0 Å². The molecule has 106 valence electrons. The lowest BCUT2D eigenvalue weighted by Gasteiger charge is -2.22. The van der Waals surface area contributed by atoms with Gasteiger partial charge in [-0.05, 0) is 51.4 Å². The molecule has 1 unspecified atom stereocenters. The van der Waals surface area contributed by atoms with Crippen molar-refractivity contribution in [3.63, 3.8) is 0 Å². The van der Waals surface area contributed by atoms with E-state index in [1.54, 1.807) is 18.2 Å². The van der Waals surface area contributed by atoms with E-state index in [0.717, 1.165) is 17.7 Å². The van der Waals surface area contributed by atoms with Crippen molar-refractivity contribution >= 4 is 15.7 Å². The molecule has 0 saturated carbocycles. The molecule has 0 aromatic heterocycles. The number of rotatable bonds is 4. The highest BCUT2D eigenvalue weighted by Gasteiger charge is 2.31. The van der Waals surface area contributed by atoms with Crippen molar-refractivity contribution in [2.24, 2.45) is 0 Å². The molecule has 0 bridgehead atoms. The van der Waals surface area contributed by atoms with Crippen LogP contribution in [0.2, 0.25) is 0 Å². The Morgan fingerprint density at radius 2 is 1.95 bits per heavy atom. The largest absolute Gasteiger partial charge is 0.313 e. The molecule has 0 amide bonds. The number of nitrogens with one attached hydrogen (secondary N) is 1. The van der Waals surface area contributed by atoms with E-state index in [9.17, 15) is 8.42 Å². The van der Waals surface area contributed by atoms with Crippen LogP contribution in [0.5, 0.6) is 0 Å². The lowest BCUT2D eigenvalue weighted by atomic mass is 10.0. The Kier molecular flexibility index (Phi) is 3.87. The highest BCUT2D eigenvalue weighted by Crippen LogP contribution is 2.33. The average molecular weight is 282 g/mol. The minimum atomic E-state index is -3.21. The first-order valence-electron chi connectivity index (χ1n) is 6.69. The van der Waals surface area contributed by atoms with E-state index in [-0.39, 0.29) is 11.3 Å². The standard InChI is InChI=1S/C14H22N2O2S/c1-10(2)19(17,18)16-8-7-13-9-12(11(3)15-4)5-6-14(13)16/h5-6,9-11,15H,7-8H2,1-4H3. The molecule has 0 radical (unpaired) electrons. The first-order valence-corrected chi connectivity index (χ1v) is 8.20. The number of nitrogens with zero attached hydrogens (tertiary/aromatic N) is 1. The molecular formula is C14H22N2O2S. The maximum atomic E-state index is 12.3. The van der Waals surface area contributed by atoms with Gasteiger partial charge in [-0.15, -0.1) is 0 Å². The molecule has 5 heteroatoms. The summed E-state index contributed by atoms with van der Waals surface area (Å²) < 4.78 is 26.1. The maximum Gasteiger partial charge on any atom is 0.237 e. The average Bonchev–Trinajstić information content (AvgIpc) is 2.80. The molecule has 0 aliphatic carbocycles. The monoisotopic (exact) mass is 282 g/mol. The molecule has 2 rings (SSSR count). The van der Waals surface area contributed by atoms with Crippen molar-refractivity contribution in [1.82, 2.24) is 5.32 Å². The fourth-order valence-corrected chi connectivity index (χ4v) is 3.65. The van der Waals surface area contributed by atoms with E-state index in [1.165, 1.54) is 5.56 Å². The molecule has 1 aromatic rings. The molecule has 1 N–H and O–H groups in total. The summed E-state index contributed by atoms with van der Waals surface area (Å²) in [6.07, 6.45) is 0.797. The Labute approximate surface area is 115 Å². The fourth-order valence-electron chi connectivity index (χ4n) is 2.35. The second-order valence-corrected chi connectivity index (χ2v) is 7.73. The van der Waals surface area contributed by atoms with Crippen molar-refractivity contribution in [2.75, 3.05) is 17.9 Å². The smallest absolute Gasteiger partial charge is 0.237 e. The predicted molar refractivity (Wildman–Crippen MR) is 79.0 cm³/mol. The summed E-state index contributed by atoms with van der Waals surface area (Å²) in [6.45, 7) is 6.11. The minimum absolute atomic E-state index is 0.279. The third-order valence-corrected chi connectivity index (χ3v) is 5.98. The molecule has 0 saturated heterocycles. The predicted octanol–water partition coefficient (Wildman–Crippen LogP) is 2.07. The van der Waals surface area contributed by atoms with E-state index >= 15 is 0 Å². The Balaban J connectivity index is 2.38. The van der Waals surface area contributed by atoms with Crippen LogP contribution in [0.4, 0.5) is 5.69 Å². The van der Waals surface area contributed by atoms with Crippen molar-refractivity contribution in [3.8, 4) is 0 Å². The van der Waals surface area contributed by atoms with Gasteiger partial charge in [-0.2, -0.15) is 0 Å². The molecule has 1 heterocycles. The molecule has 1 aromatic carbocycles. The molecule has 1 aliphatic heterocycles. The number of hydrogen-bond acceptors (Lipinski definition) is 3. The van der Waals surface area contributed by atoms with Gasteiger partial charge in [0.15, 0.2) is 0 Å². The summed E-state index contributed by atoms with van der Waals surface area (Å²) in [6, 6.07) is 6.34. The molecule has 0 spiro atoms. The number of sulfonamides is 1. The third kappa shape index (κ3) is 2.49. The van der Waals surface area contributed by atoms with Crippen LogP contribution in [0, 0.1) is 0 Å². The third-order valence-electron chi connectivity index (χ3n) is 3.79.